The predicted molar refractivity (Wildman–Crippen MR) is 69.3 cm³/mol. The average Bonchev–Trinajstić information content (AvgIpc) is 2.19. The van der Waals surface area contributed by atoms with Crippen molar-refractivity contribution >= 4 is 35.4 Å². The van der Waals surface area contributed by atoms with Gasteiger partial charge in [0.1, 0.15) is 4.23 Å². The quantitative estimate of drug-likeness (QED) is 0.520. The molecule has 0 saturated carbocycles. The van der Waals surface area contributed by atoms with Gasteiger partial charge in [0.15, 0.2) is 0 Å². The van der Waals surface area contributed by atoms with Crippen molar-refractivity contribution in [3.8, 4) is 0 Å². The summed E-state index contributed by atoms with van der Waals surface area (Å²) in [4.78, 5) is 0. The molecule has 3 heteroatoms. The van der Waals surface area contributed by atoms with E-state index in [2.05, 4.69) is 19.1 Å². The fourth-order valence-corrected chi connectivity index (χ4v) is 2.36. The Hall–Kier alpha value is -0.655. The van der Waals surface area contributed by atoms with Gasteiger partial charge in [0, 0.05) is 0 Å². The van der Waals surface area contributed by atoms with Gasteiger partial charge < -0.3 is 0 Å². The van der Waals surface area contributed by atoms with Crippen molar-refractivity contribution < 1.29 is 0 Å². The molecule has 0 radical (unpaired) electrons. The lowest BCUT2D eigenvalue weighted by Gasteiger charge is -2.25. The van der Waals surface area contributed by atoms with Gasteiger partial charge in [-0.25, -0.2) is 0 Å². The lowest BCUT2D eigenvalue weighted by atomic mass is 9.40. The Morgan fingerprint density at radius 2 is 1.87 bits per heavy atom. The van der Waals surface area contributed by atoms with Crippen LogP contribution < -0.4 is 5.46 Å². The standard InChI is InChI=1S/C12H11BCl2/c1-10-6-2-3-7-11(10)13-9-5-4-8-12(13,14)15/h2-9H,1H3. The van der Waals surface area contributed by atoms with Crippen molar-refractivity contribution in [3.05, 3.63) is 54.0 Å². The van der Waals surface area contributed by atoms with Crippen LogP contribution in [0.4, 0.5) is 0 Å². The Kier molecular flexibility index (Phi) is 2.95. The second-order valence-electron chi connectivity index (χ2n) is 3.75. The molecule has 0 unspecified atom stereocenters. The van der Waals surface area contributed by atoms with Gasteiger partial charge in [0.25, 0.3) is 0 Å². The van der Waals surface area contributed by atoms with Crippen LogP contribution in [0, 0.1) is 6.92 Å². The topological polar surface area (TPSA) is 0 Å². The van der Waals surface area contributed by atoms with Crippen LogP contribution in [0.1, 0.15) is 5.56 Å². The molecule has 15 heavy (non-hydrogen) atoms. The van der Waals surface area contributed by atoms with Crippen LogP contribution in [0.3, 0.4) is 0 Å². The lowest BCUT2D eigenvalue weighted by molar-refractivity contribution is 1.38. The van der Waals surface area contributed by atoms with Crippen molar-refractivity contribution in [1.29, 1.82) is 0 Å². The van der Waals surface area contributed by atoms with Gasteiger partial charge in [-0.2, -0.15) is 0 Å². The van der Waals surface area contributed by atoms with Crippen LogP contribution in [0.25, 0.3) is 0 Å². The average molecular weight is 237 g/mol. The normalized spacial score (nSPS) is 18.2. The molecule has 1 aliphatic heterocycles. The highest BCUT2D eigenvalue weighted by atomic mass is 35.5. The Morgan fingerprint density at radius 3 is 2.53 bits per heavy atom. The van der Waals surface area contributed by atoms with E-state index in [0.717, 1.165) is 0 Å². The second-order valence-corrected chi connectivity index (χ2v) is 5.20. The number of aryl methyl sites for hydroxylation is 1. The monoisotopic (exact) mass is 236 g/mol. The van der Waals surface area contributed by atoms with Crippen molar-refractivity contribution in [2.75, 3.05) is 0 Å². The Morgan fingerprint density at radius 1 is 1.13 bits per heavy atom. The number of alkyl halides is 2. The number of benzene rings is 1. The van der Waals surface area contributed by atoms with E-state index in [1.54, 1.807) is 0 Å². The van der Waals surface area contributed by atoms with Gasteiger partial charge in [-0.1, -0.05) is 53.5 Å². The largest absolute Gasteiger partial charge is 0.248 e. The van der Waals surface area contributed by atoms with E-state index < -0.39 is 4.23 Å². The molecule has 1 aromatic rings. The lowest BCUT2D eigenvalue weighted by Crippen LogP contribution is -2.45. The fourth-order valence-electron chi connectivity index (χ4n) is 1.84. The van der Waals surface area contributed by atoms with Crippen LogP contribution in [0.2, 0.25) is 0 Å². The summed E-state index contributed by atoms with van der Waals surface area (Å²) in [6.07, 6.45) is 5.70. The first-order valence-corrected chi connectivity index (χ1v) is 5.66. The summed E-state index contributed by atoms with van der Waals surface area (Å²) < 4.78 is -0.832. The van der Waals surface area contributed by atoms with Gasteiger partial charge in [-0.15, -0.1) is 29.2 Å². The first kappa shape index (κ1) is 10.8. The van der Waals surface area contributed by atoms with E-state index in [1.807, 2.05) is 36.3 Å². The molecule has 0 aliphatic carbocycles. The van der Waals surface area contributed by atoms with Gasteiger partial charge in [0.2, 0.25) is 6.71 Å². The molecule has 0 N–H and O–H groups in total. The minimum Gasteiger partial charge on any atom is -0.107 e. The predicted octanol–water partition coefficient (Wildman–Crippen LogP) is 3.08. The van der Waals surface area contributed by atoms with Gasteiger partial charge in [0.05, 0.1) is 0 Å². The molecule has 1 heterocycles. The molecular weight excluding hydrogens is 226 g/mol. The summed E-state index contributed by atoms with van der Waals surface area (Å²) in [5.41, 5.74) is 2.40. The molecule has 1 aliphatic rings. The van der Waals surface area contributed by atoms with Crippen LogP contribution >= 0.6 is 23.2 Å². The number of halogens is 2. The second kappa shape index (κ2) is 4.07. The first-order valence-electron chi connectivity index (χ1n) is 4.90. The molecule has 0 fully saturated rings. The summed E-state index contributed by atoms with van der Waals surface area (Å²) >= 11 is 12.5. The van der Waals surface area contributed by atoms with Crippen LogP contribution in [-0.2, 0) is 0 Å². The van der Waals surface area contributed by atoms with Crippen LogP contribution in [-0.4, -0.2) is 10.9 Å². The van der Waals surface area contributed by atoms with E-state index in [9.17, 15) is 0 Å². The molecule has 0 saturated heterocycles. The maximum atomic E-state index is 6.27. The van der Waals surface area contributed by atoms with Gasteiger partial charge >= 0.3 is 0 Å². The van der Waals surface area contributed by atoms with Crippen molar-refractivity contribution in [2.24, 2.45) is 0 Å². The number of allylic oxidation sites excluding steroid dienone is 3. The zero-order chi connectivity index (χ0) is 10.9. The summed E-state index contributed by atoms with van der Waals surface area (Å²) in [6, 6.07) is 8.18. The minimum absolute atomic E-state index is 0.0343. The molecule has 76 valence electrons. The Labute approximate surface area is 101 Å². The van der Waals surface area contributed by atoms with Crippen LogP contribution in [0.5, 0.6) is 0 Å². The van der Waals surface area contributed by atoms with E-state index in [0.29, 0.717) is 0 Å². The summed E-state index contributed by atoms with van der Waals surface area (Å²) in [5.74, 6) is 2.04. The Bertz CT molecular complexity index is 421. The fraction of sp³-hybridized carbons (Fsp3) is 0.167. The smallest absolute Gasteiger partial charge is 0.107 e. The zero-order valence-corrected chi connectivity index (χ0v) is 9.96. The summed E-state index contributed by atoms with van der Waals surface area (Å²) in [5, 5.41) is 0. The molecule has 0 bridgehead atoms. The van der Waals surface area contributed by atoms with Crippen molar-refractivity contribution in [1.82, 2.24) is 0 Å². The third-order valence-corrected chi connectivity index (χ3v) is 3.39. The molecule has 2 rings (SSSR count). The van der Waals surface area contributed by atoms with E-state index in [-0.39, 0.29) is 6.71 Å². The highest BCUT2D eigenvalue weighted by Gasteiger charge is 2.37. The minimum atomic E-state index is -0.832. The van der Waals surface area contributed by atoms with Crippen LogP contribution in [0.15, 0.2) is 48.5 Å². The maximum Gasteiger partial charge on any atom is 0.248 e. The highest BCUT2D eigenvalue weighted by Crippen LogP contribution is 2.29. The molecular formula is C12H11BCl2. The molecule has 0 amide bonds. The molecule has 1 aromatic carbocycles. The van der Waals surface area contributed by atoms with E-state index >= 15 is 0 Å². The Balaban J connectivity index is 2.44. The maximum absolute atomic E-state index is 6.27. The third kappa shape index (κ3) is 2.14. The van der Waals surface area contributed by atoms with E-state index in [1.165, 1.54) is 11.0 Å². The molecule has 0 spiro atoms. The van der Waals surface area contributed by atoms with Gasteiger partial charge in [-0.3, -0.25) is 0 Å². The SMILES string of the molecule is Cc1ccccc1B1C=CC=CC1(Cl)Cl. The molecule has 0 atom stereocenters. The third-order valence-electron chi connectivity index (χ3n) is 2.67. The highest BCUT2D eigenvalue weighted by molar-refractivity contribution is 6.95. The summed E-state index contributed by atoms with van der Waals surface area (Å²) in [7, 11) is 0. The number of rotatable bonds is 1. The van der Waals surface area contributed by atoms with Crippen molar-refractivity contribution in [2.45, 2.75) is 11.2 Å². The molecule has 0 aromatic heterocycles. The molecule has 0 nitrogen and oxygen atoms in total. The number of hydrogen-bond acceptors (Lipinski definition) is 0. The summed E-state index contributed by atoms with van der Waals surface area (Å²) in [6.45, 7) is 2.11. The zero-order valence-electron chi connectivity index (χ0n) is 8.45. The number of hydrogen-bond donors (Lipinski definition) is 0. The first-order chi connectivity index (χ1) is 7.11. The van der Waals surface area contributed by atoms with Crippen molar-refractivity contribution in [3.63, 3.8) is 0 Å². The van der Waals surface area contributed by atoms with E-state index in [4.69, 9.17) is 23.2 Å². The van der Waals surface area contributed by atoms with Gasteiger partial charge in [-0.05, 0) is 6.92 Å².